The Kier molecular flexibility index (Phi) is 5.83. The van der Waals surface area contributed by atoms with Crippen LogP contribution < -0.4 is 20.1 Å². The summed E-state index contributed by atoms with van der Waals surface area (Å²) >= 11 is 0. The third-order valence-corrected chi connectivity index (χ3v) is 5.55. The summed E-state index contributed by atoms with van der Waals surface area (Å²) in [7, 11) is 0. The molecule has 30 heavy (non-hydrogen) atoms. The van der Waals surface area contributed by atoms with Crippen LogP contribution in [-0.2, 0) is 13.1 Å². The molecule has 1 fully saturated rings. The van der Waals surface area contributed by atoms with Crippen LogP contribution in [0.1, 0.15) is 37.8 Å². The maximum atomic E-state index is 12.4. The van der Waals surface area contributed by atoms with E-state index in [4.69, 9.17) is 9.47 Å². The number of nitrogens with zero attached hydrogens (tertiary/aromatic N) is 1. The second kappa shape index (κ2) is 8.53. The van der Waals surface area contributed by atoms with Crippen LogP contribution in [0.4, 0.5) is 10.5 Å². The number of fused-ring (bicyclic) bond motifs is 1. The Morgan fingerprint density at radius 2 is 1.93 bits per heavy atom. The average Bonchev–Trinajstić information content (AvgIpc) is 3.28. The summed E-state index contributed by atoms with van der Waals surface area (Å²) in [5.74, 6) is 0.590. The molecule has 1 atom stereocenters. The van der Waals surface area contributed by atoms with Gasteiger partial charge in [0.2, 0.25) is 5.79 Å². The Morgan fingerprint density at radius 1 is 1.17 bits per heavy atom. The van der Waals surface area contributed by atoms with Gasteiger partial charge in [0.1, 0.15) is 0 Å². The maximum Gasteiger partial charge on any atom is 0.319 e. The molecule has 0 radical (unpaired) electrons. The zero-order valence-corrected chi connectivity index (χ0v) is 17.5. The van der Waals surface area contributed by atoms with Crippen LogP contribution in [0.3, 0.4) is 0 Å². The van der Waals surface area contributed by atoms with Gasteiger partial charge in [0.25, 0.3) is 0 Å². The predicted molar refractivity (Wildman–Crippen MR) is 115 cm³/mol. The molecular weight excluding hydrogens is 382 g/mol. The standard InChI is InChI=1S/C23H29N3O4/c1-23(2)29-20-10-9-18(12-21(20)30-23)25-22(28)24-13-16-6-3-4-7-17(16)14-26-11-5-8-19(26)15-27/h3-4,6-7,9-10,12,19,27H,5,8,11,13-15H2,1-2H3,(H2,24,25,28)/t19-/m1/s1. The first-order chi connectivity index (χ1) is 14.4. The van der Waals surface area contributed by atoms with E-state index < -0.39 is 5.79 Å². The van der Waals surface area contributed by atoms with Crippen LogP contribution >= 0.6 is 0 Å². The molecule has 2 aromatic rings. The van der Waals surface area contributed by atoms with Gasteiger partial charge in [-0.05, 0) is 42.6 Å². The summed E-state index contributed by atoms with van der Waals surface area (Å²) in [4.78, 5) is 14.7. The molecule has 0 bridgehead atoms. The summed E-state index contributed by atoms with van der Waals surface area (Å²) in [6.45, 7) is 6.08. The largest absolute Gasteiger partial charge is 0.449 e. The number of anilines is 1. The molecule has 0 spiro atoms. The Balaban J connectivity index is 1.35. The molecule has 2 aliphatic heterocycles. The van der Waals surface area contributed by atoms with E-state index in [0.29, 0.717) is 23.7 Å². The molecule has 0 unspecified atom stereocenters. The number of aliphatic hydroxyl groups excluding tert-OH is 1. The van der Waals surface area contributed by atoms with Crippen molar-refractivity contribution >= 4 is 11.7 Å². The van der Waals surface area contributed by atoms with Crippen molar-refractivity contribution in [1.29, 1.82) is 0 Å². The van der Waals surface area contributed by atoms with E-state index in [0.717, 1.165) is 31.5 Å². The number of rotatable bonds is 6. The van der Waals surface area contributed by atoms with Crippen molar-refractivity contribution in [3.05, 3.63) is 53.6 Å². The maximum absolute atomic E-state index is 12.4. The van der Waals surface area contributed by atoms with Crippen molar-refractivity contribution in [3.63, 3.8) is 0 Å². The number of hydrogen-bond acceptors (Lipinski definition) is 5. The van der Waals surface area contributed by atoms with Crippen LogP contribution in [0.5, 0.6) is 11.5 Å². The van der Waals surface area contributed by atoms with E-state index in [9.17, 15) is 9.90 Å². The second-order valence-electron chi connectivity index (χ2n) is 8.29. The molecular formula is C23H29N3O4. The van der Waals surface area contributed by atoms with Gasteiger partial charge in [-0.25, -0.2) is 4.79 Å². The first kappa shape index (κ1) is 20.5. The summed E-state index contributed by atoms with van der Waals surface area (Å²) in [6, 6.07) is 13.4. The van der Waals surface area contributed by atoms with Gasteiger partial charge in [0.05, 0.1) is 6.61 Å². The van der Waals surface area contributed by atoms with Gasteiger partial charge in [-0.3, -0.25) is 4.90 Å². The molecule has 2 amide bonds. The number of benzene rings is 2. The first-order valence-electron chi connectivity index (χ1n) is 10.4. The summed E-state index contributed by atoms with van der Waals surface area (Å²) in [6.07, 6.45) is 2.15. The number of likely N-dealkylation sites (tertiary alicyclic amines) is 1. The van der Waals surface area contributed by atoms with Gasteiger partial charge in [-0.1, -0.05) is 24.3 Å². The number of amides is 2. The van der Waals surface area contributed by atoms with Crippen LogP contribution in [0.25, 0.3) is 0 Å². The predicted octanol–water partition coefficient (Wildman–Crippen LogP) is 3.47. The molecule has 3 N–H and O–H groups in total. The molecule has 2 heterocycles. The van der Waals surface area contributed by atoms with Gasteiger partial charge < -0.3 is 25.2 Å². The SMILES string of the molecule is CC1(C)Oc2ccc(NC(=O)NCc3ccccc3CN3CCC[C@@H]3CO)cc2O1. The molecule has 0 saturated carbocycles. The molecule has 7 nitrogen and oxygen atoms in total. The minimum atomic E-state index is -0.697. The number of ether oxygens (including phenoxy) is 2. The summed E-state index contributed by atoms with van der Waals surface area (Å²) < 4.78 is 11.4. The molecule has 1 saturated heterocycles. The lowest BCUT2D eigenvalue weighted by molar-refractivity contribution is -0.0431. The second-order valence-corrected chi connectivity index (χ2v) is 8.29. The molecule has 0 aromatic heterocycles. The smallest absolute Gasteiger partial charge is 0.319 e. The number of urea groups is 1. The van der Waals surface area contributed by atoms with Crippen molar-refractivity contribution in [2.75, 3.05) is 18.5 Å². The summed E-state index contributed by atoms with van der Waals surface area (Å²) in [5, 5.41) is 15.3. The highest BCUT2D eigenvalue weighted by Crippen LogP contribution is 2.40. The number of carbonyl (C=O) groups is 1. The quantitative estimate of drug-likeness (QED) is 0.678. The molecule has 2 aliphatic rings. The lowest BCUT2D eigenvalue weighted by Gasteiger charge is -2.24. The Bertz CT molecular complexity index is 915. The van der Waals surface area contributed by atoms with Gasteiger partial charge in [-0.15, -0.1) is 0 Å². The van der Waals surface area contributed by atoms with Crippen molar-refractivity contribution in [1.82, 2.24) is 10.2 Å². The Hall–Kier alpha value is -2.77. The highest BCUT2D eigenvalue weighted by Gasteiger charge is 2.31. The highest BCUT2D eigenvalue weighted by atomic mass is 16.7. The van der Waals surface area contributed by atoms with Gasteiger partial charge in [-0.2, -0.15) is 0 Å². The molecule has 4 rings (SSSR count). The number of nitrogens with one attached hydrogen (secondary N) is 2. The fourth-order valence-corrected chi connectivity index (χ4v) is 4.06. The lowest BCUT2D eigenvalue weighted by atomic mass is 10.1. The monoisotopic (exact) mass is 411 g/mol. The fourth-order valence-electron chi connectivity index (χ4n) is 4.06. The topological polar surface area (TPSA) is 83.1 Å². The third-order valence-electron chi connectivity index (χ3n) is 5.55. The van der Waals surface area contributed by atoms with E-state index in [2.05, 4.69) is 21.6 Å². The van der Waals surface area contributed by atoms with Gasteiger partial charge in [0.15, 0.2) is 11.5 Å². The van der Waals surface area contributed by atoms with Crippen LogP contribution in [-0.4, -0.2) is 41.0 Å². The van der Waals surface area contributed by atoms with Gasteiger partial charge in [0, 0.05) is 44.7 Å². The lowest BCUT2D eigenvalue weighted by Crippen LogP contribution is -2.32. The number of aliphatic hydroxyl groups is 1. The van der Waals surface area contributed by atoms with E-state index >= 15 is 0 Å². The highest BCUT2D eigenvalue weighted by molar-refractivity contribution is 5.89. The molecule has 160 valence electrons. The normalized spacial score (nSPS) is 19.6. The third kappa shape index (κ3) is 4.68. The zero-order valence-electron chi connectivity index (χ0n) is 17.5. The van der Waals surface area contributed by atoms with Crippen molar-refractivity contribution < 1.29 is 19.4 Å². The minimum Gasteiger partial charge on any atom is -0.449 e. The van der Waals surface area contributed by atoms with Crippen molar-refractivity contribution in [2.45, 2.75) is 51.6 Å². The summed E-state index contributed by atoms with van der Waals surface area (Å²) in [5.41, 5.74) is 2.89. The van der Waals surface area contributed by atoms with Crippen molar-refractivity contribution in [3.8, 4) is 11.5 Å². The molecule has 0 aliphatic carbocycles. The van der Waals surface area contributed by atoms with Crippen LogP contribution in [0.2, 0.25) is 0 Å². The molecule has 2 aromatic carbocycles. The zero-order chi connectivity index (χ0) is 21.1. The Morgan fingerprint density at radius 3 is 2.73 bits per heavy atom. The van der Waals surface area contributed by atoms with E-state index in [1.165, 1.54) is 5.56 Å². The van der Waals surface area contributed by atoms with Crippen molar-refractivity contribution in [2.24, 2.45) is 0 Å². The average molecular weight is 412 g/mol. The molecule has 7 heteroatoms. The van der Waals surface area contributed by atoms with Crippen LogP contribution in [0, 0.1) is 0 Å². The Labute approximate surface area is 177 Å². The van der Waals surface area contributed by atoms with E-state index in [-0.39, 0.29) is 18.7 Å². The fraction of sp³-hybridized carbons (Fsp3) is 0.435. The van der Waals surface area contributed by atoms with E-state index in [1.54, 1.807) is 18.2 Å². The number of hydrogen-bond donors (Lipinski definition) is 3. The van der Waals surface area contributed by atoms with Crippen LogP contribution in [0.15, 0.2) is 42.5 Å². The minimum absolute atomic E-state index is 0.190. The van der Waals surface area contributed by atoms with Gasteiger partial charge >= 0.3 is 6.03 Å². The van der Waals surface area contributed by atoms with E-state index in [1.807, 2.05) is 32.0 Å². The number of carbonyl (C=O) groups excluding carboxylic acids is 1. The first-order valence-corrected chi connectivity index (χ1v) is 10.4.